The molecule has 7 nitrogen and oxygen atoms in total. The molecular weight excluding hydrogens is 338 g/mol. The first-order valence-corrected chi connectivity index (χ1v) is 9.83. The Hall–Kier alpha value is -2.83. The standard InChI is InChI=1S/C20H27N7/c1-2-21-20(24-14-19-26-25-18-9-5-6-12-27(18)19)22-11-10-15-13-23-17-8-4-3-7-16(15)17/h3-4,7-8,13,23H,2,5-6,9-12,14H2,1H3,(H2,21,22,24). The molecule has 1 aliphatic heterocycles. The van der Waals surface area contributed by atoms with E-state index in [4.69, 9.17) is 4.99 Å². The molecule has 0 amide bonds. The number of hydrogen-bond acceptors (Lipinski definition) is 3. The van der Waals surface area contributed by atoms with Crippen molar-refractivity contribution in [3.05, 3.63) is 47.7 Å². The summed E-state index contributed by atoms with van der Waals surface area (Å²) < 4.78 is 2.22. The minimum atomic E-state index is 0.551. The lowest BCUT2D eigenvalue weighted by Crippen LogP contribution is -2.38. The SMILES string of the molecule is CCNC(=NCc1nnc2n1CCCC2)NCCc1c[nH]c2ccccc12. The van der Waals surface area contributed by atoms with E-state index < -0.39 is 0 Å². The number of para-hydroxylation sites is 1. The molecule has 0 radical (unpaired) electrons. The maximum absolute atomic E-state index is 4.71. The van der Waals surface area contributed by atoms with Crippen LogP contribution in [-0.2, 0) is 25.9 Å². The van der Waals surface area contributed by atoms with Gasteiger partial charge < -0.3 is 20.2 Å². The number of aliphatic imine (C=N–C) groups is 1. The highest BCUT2D eigenvalue weighted by molar-refractivity contribution is 5.83. The Morgan fingerprint density at radius 3 is 3.07 bits per heavy atom. The number of fused-ring (bicyclic) bond motifs is 2. The van der Waals surface area contributed by atoms with E-state index in [-0.39, 0.29) is 0 Å². The molecule has 0 fully saturated rings. The zero-order valence-electron chi connectivity index (χ0n) is 15.8. The van der Waals surface area contributed by atoms with Crippen molar-refractivity contribution in [1.29, 1.82) is 0 Å². The molecule has 0 spiro atoms. The molecule has 0 unspecified atom stereocenters. The topological polar surface area (TPSA) is 82.9 Å². The second kappa shape index (κ2) is 8.24. The summed E-state index contributed by atoms with van der Waals surface area (Å²) >= 11 is 0. The van der Waals surface area contributed by atoms with Crippen molar-refractivity contribution in [3.63, 3.8) is 0 Å². The Kier molecular flexibility index (Phi) is 5.37. The van der Waals surface area contributed by atoms with Crippen molar-refractivity contribution in [2.75, 3.05) is 13.1 Å². The molecule has 0 saturated heterocycles. The third kappa shape index (κ3) is 3.97. The first kappa shape index (κ1) is 17.6. The fourth-order valence-electron chi connectivity index (χ4n) is 3.63. The number of aromatic amines is 1. The molecule has 4 rings (SSSR count). The quantitative estimate of drug-likeness (QED) is 0.463. The van der Waals surface area contributed by atoms with E-state index in [0.717, 1.165) is 50.1 Å². The van der Waals surface area contributed by atoms with E-state index in [1.807, 2.05) is 0 Å². The van der Waals surface area contributed by atoms with Gasteiger partial charge in [0.25, 0.3) is 0 Å². The number of benzene rings is 1. The van der Waals surface area contributed by atoms with Crippen molar-refractivity contribution in [3.8, 4) is 0 Å². The summed E-state index contributed by atoms with van der Waals surface area (Å²) in [6.45, 7) is 5.30. The number of rotatable bonds is 6. The Morgan fingerprint density at radius 1 is 1.22 bits per heavy atom. The van der Waals surface area contributed by atoms with Gasteiger partial charge in [-0.2, -0.15) is 0 Å². The van der Waals surface area contributed by atoms with Gasteiger partial charge in [-0.1, -0.05) is 18.2 Å². The van der Waals surface area contributed by atoms with Crippen molar-refractivity contribution in [2.24, 2.45) is 4.99 Å². The normalized spacial score (nSPS) is 14.3. The molecule has 3 N–H and O–H groups in total. The van der Waals surface area contributed by atoms with Crippen LogP contribution in [0.3, 0.4) is 0 Å². The van der Waals surface area contributed by atoms with Crippen LogP contribution in [0, 0.1) is 0 Å². The molecule has 1 aromatic carbocycles. The largest absolute Gasteiger partial charge is 0.361 e. The highest BCUT2D eigenvalue weighted by atomic mass is 15.3. The fourth-order valence-corrected chi connectivity index (χ4v) is 3.63. The predicted molar refractivity (Wildman–Crippen MR) is 108 cm³/mol. The third-order valence-electron chi connectivity index (χ3n) is 5.02. The molecule has 3 aromatic rings. The number of nitrogens with zero attached hydrogens (tertiary/aromatic N) is 4. The van der Waals surface area contributed by atoms with Gasteiger partial charge in [0, 0.05) is 43.2 Å². The Morgan fingerprint density at radius 2 is 2.15 bits per heavy atom. The Labute approximate surface area is 159 Å². The average molecular weight is 365 g/mol. The first-order valence-electron chi connectivity index (χ1n) is 9.83. The lowest BCUT2D eigenvalue weighted by atomic mass is 10.1. The van der Waals surface area contributed by atoms with Crippen LogP contribution in [0.4, 0.5) is 0 Å². The van der Waals surface area contributed by atoms with Crippen LogP contribution in [0.1, 0.15) is 37.0 Å². The average Bonchev–Trinajstić information content (AvgIpc) is 3.30. The molecule has 7 heteroatoms. The molecule has 142 valence electrons. The Balaban J connectivity index is 1.37. The van der Waals surface area contributed by atoms with Crippen molar-refractivity contribution < 1.29 is 0 Å². The van der Waals surface area contributed by atoms with Gasteiger partial charge in [-0.3, -0.25) is 0 Å². The number of H-pyrrole nitrogens is 1. The van der Waals surface area contributed by atoms with E-state index in [1.165, 1.54) is 29.3 Å². The van der Waals surface area contributed by atoms with E-state index in [9.17, 15) is 0 Å². The minimum absolute atomic E-state index is 0.551. The summed E-state index contributed by atoms with van der Waals surface area (Å²) in [7, 11) is 0. The van der Waals surface area contributed by atoms with Gasteiger partial charge in [0.15, 0.2) is 11.8 Å². The summed E-state index contributed by atoms with van der Waals surface area (Å²) in [5.41, 5.74) is 2.50. The summed E-state index contributed by atoms with van der Waals surface area (Å²) in [4.78, 5) is 8.04. The number of nitrogens with one attached hydrogen (secondary N) is 3. The minimum Gasteiger partial charge on any atom is -0.361 e. The van der Waals surface area contributed by atoms with Gasteiger partial charge in [0.2, 0.25) is 0 Å². The zero-order chi connectivity index (χ0) is 18.5. The lowest BCUT2D eigenvalue weighted by Gasteiger charge is -2.14. The van der Waals surface area contributed by atoms with Crippen LogP contribution in [0.25, 0.3) is 10.9 Å². The second-order valence-corrected chi connectivity index (χ2v) is 6.87. The van der Waals surface area contributed by atoms with Gasteiger partial charge in [-0.15, -0.1) is 10.2 Å². The summed E-state index contributed by atoms with van der Waals surface area (Å²) in [6.07, 6.45) is 6.47. The van der Waals surface area contributed by atoms with Crippen LogP contribution in [0.15, 0.2) is 35.5 Å². The summed E-state index contributed by atoms with van der Waals surface area (Å²) in [5.74, 6) is 2.88. The molecule has 0 bridgehead atoms. The van der Waals surface area contributed by atoms with Gasteiger partial charge in [0.05, 0.1) is 0 Å². The maximum atomic E-state index is 4.71. The highest BCUT2D eigenvalue weighted by Crippen LogP contribution is 2.17. The number of aryl methyl sites for hydroxylation is 1. The van der Waals surface area contributed by atoms with E-state index in [1.54, 1.807) is 0 Å². The van der Waals surface area contributed by atoms with Gasteiger partial charge >= 0.3 is 0 Å². The number of guanidine groups is 1. The molecular formula is C20H27N7. The van der Waals surface area contributed by atoms with Crippen LogP contribution in [0.2, 0.25) is 0 Å². The van der Waals surface area contributed by atoms with Crippen molar-refractivity contribution in [1.82, 2.24) is 30.4 Å². The number of aromatic nitrogens is 4. The molecule has 0 aliphatic carbocycles. The number of hydrogen-bond donors (Lipinski definition) is 3. The van der Waals surface area contributed by atoms with Crippen LogP contribution < -0.4 is 10.6 Å². The van der Waals surface area contributed by atoms with E-state index in [0.29, 0.717) is 6.54 Å². The predicted octanol–water partition coefficient (Wildman–Crippen LogP) is 2.39. The molecule has 27 heavy (non-hydrogen) atoms. The second-order valence-electron chi connectivity index (χ2n) is 6.87. The summed E-state index contributed by atoms with van der Waals surface area (Å²) in [5, 5.41) is 16.7. The highest BCUT2D eigenvalue weighted by Gasteiger charge is 2.15. The first-order chi connectivity index (χ1) is 13.3. The molecule has 2 aromatic heterocycles. The van der Waals surface area contributed by atoms with Gasteiger partial charge in [0.1, 0.15) is 12.4 Å². The van der Waals surface area contributed by atoms with Gasteiger partial charge in [-0.05, 0) is 37.8 Å². The summed E-state index contributed by atoms with van der Waals surface area (Å²) in [6, 6.07) is 8.41. The third-order valence-corrected chi connectivity index (χ3v) is 5.02. The lowest BCUT2D eigenvalue weighted by molar-refractivity contribution is 0.508. The maximum Gasteiger partial charge on any atom is 0.191 e. The molecule has 3 heterocycles. The van der Waals surface area contributed by atoms with Crippen molar-refractivity contribution >= 4 is 16.9 Å². The molecule has 1 aliphatic rings. The zero-order valence-corrected chi connectivity index (χ0v) is 15.8. The van der Waals surface area contributed by atoms with Crippen LogP contribution in [-0.4, -0.2) is 38.8 Å². The van der Waals surface area contributed by atoms with Crippen molar-refractivity contribution in [2.45, 2.75) is 45.7 Å². The fraction of sp³-hybridized carbons (Fsp3) is 0.450. The molecule has 0 saturated carbocycles. The Bertz CT molecular complexity index is 921. The smallest absolute Gasteiger partial charge is 0.191 e. The molecule has 0 atom stereocenters. The van der Waals surface area contributed by atoms with Gasteiger partial charge in [-0.25, -0.2) is 4.99 Å². The monoisotopic (exact) mass is 365 g/mol. The van der Waals surface area contributed by atoms with Crippen LogP contribution in [0.5, 0.6) is 0 Å². The van der Waals surface area contributed by atoms with E-state index in [2.05, 4.69) is 67.8 Å². The van der Waals surface area contributed by atoms with E-state index >= 15 is 0 Å². The van der Waals surface area contributed by atoms with Crippen LogP contribution >= 0.6 is 0 Å².